The van der Waals surface area contributed by atoms with E-state index in [0.717, 1.165) is 18.4 Å². The number of methoxy groups -OCH3 is 1. The number of carbonyl (C=O) groups is 2. The summed E-state index contributed by atoms with van der Waals surface area (Å²) < 4.78 is 4.69. The van der Waals surface area contributed by atoms with Crippen molar-refractivity contribution in [2.45, 2.75) is 31.6 Å². The van der Waals surface area contributed by atoms with Crippen LogP contribution in [0.5, 0.6) is 0 Å². The Morgan fingerprint density at radius 2 is 2.24 bits per heavy atom. The van der Waals surface area contributed by atoms with Gasteiger partial charge in [-0.3, -0.25) is 4.79 Å². The predicted octanol–water partition coefficient (Wildman–Crippen LogP) is 2.70. The Hall–Kier alpha value is -1.64. The first-order valence-electron chi connectivity index (χ1n) is 5.90. The maximum Gasteiger partial charge on any atom is 0.337 e. The second kappa shape index (κ2) is 5.13. The SMILES string of the molecule is COC(=O)c1cccc(C2CCCC(=O)C2)c1. The van der Waals surface area contributed by atoms with E-state index in [2.05, 4.69) is 0 Å². The molecule has 1 aliphatic rings. The molecule has 0 spiro atoms. The zero-order chi connectivity index (χ0) is 12.3. The molecule has 3 heteroatoms. The molecule has 0 saturated heterocycles. The van der Waals surface area contributed by atoms with Crippen LogP contribution in [0.2, 0.25) is 0 Å². The van der Waals surface area contributed by atoms with E-state index in [4.69, 9.17) is 4.74 Å². The number of hydrogen-bond acceptors (Lipinski definition) is 3. The monoisotopic (exact) mass is 232 g/mol. The minimum atomic E-state index is -0.325. The standard InChI is InChI=1S/C14H16O3/c1-17-14(16)12-6-2-4-10(8-12)11-5-3-7-13(15)9-11/h2,4,6,8,11H,3,5,7,9H2,1H3. The smallest absolute Gasteiger partial charge is 0.337 e. The van der Waals surface area contributed by atoms with Gasteiger partial charge in [-0.2, -0.15) is 0 Å². The fourth-order valence-electron chi connectivity index (χ4n) is 2.35. The number of ketones is 1. The molecule has 0 bridgehead atoms. The average molecular weight is 232 g/mol. The van der Waals surface area contributed by atoms with Crippen molar-refractivity contribution in [3.63, 3.8) is 0 Å². The Kier molecular flexibility index (Phi) is 3.57. The van der Waals surface area contributed by atoms with Gasteiger partial charge in [-0.1, -0.05) is 12.1 Å². The Labute approximate surface area is 101 Å². The minimum absolute atomic E-state index is 0.265. The van der Waals surface area contributed by atoms with Crippen molar-refractivity contribution in [3.8, 4) is 0 Å². The van der Waals surface area contributed by atoms with Crippen LogP contribution in [0.4, 0.5) is 0 Å². The molecule has 0 N–H and O–H groups in total. The lowest BCUT2D eigenvalue weighted by atomic mass is 9.83. The van der Waals surface area contributed by atoms with Crippen LogP contribution in [0, 0.1) is 0 Å². The first-order valence-corrected chi connectivity index (χ1v) is 5.90. The van der Waals surface area contributed by atoms with Gasteiger partial charge in [0.05, 0.1) is 12.7 Å². The summed E-state index contributed by atoms with van der Waals surface area (Å²) >= 11 is 0. The van der Waals surface area contributed by atoms with Crippen LogP contribution in [0.15, 0.2) is 24.3 Å². The zero-order valence-corrected chi connectivity index (χ0v) is 9.94. The lowest BCUT2D eigenvalue weighted by molar-refractivity contribution is -0.120. The van der Waals surface area contributed by atoms with Gasteiger partial charge in [-0.25, -0.2) is 4.79 Å². The van der Waals surface area contributed by atoms with Crippen molar-refractivity contribution in [1.82, 2.24) is 0 Å². The second-order valence-electron chi connectivity index (χ2n) is 4.45. The molecule has 0 heterocycles. The van der Waals surface area contributed by atoms with Crippen LogP contribution in [0.3, 0.4) is 0 Å². The van der Waals surface area contributed by atoms with Crippen molar-refractivity contribution in [2.24, 2.45) is 0 Å². The summed E-state index contributed by atoms with van der Waals surface area (Å²) in [5, 5.41) is 0. The molecule has 17 heavy (non-hydrogen) atoms. The number of benzene rings is 1. The highest BCUT2D eigenvalue weighted by molar-refractivity contribution is 5.89. The molecule has 1 unspecified atom stereocenters. The van der Waals surface area contributed by atoms with E-state index in [1.165, 1.54) is 7.11 Å². The zero-order valence-electron chi connectivity index (χ0n) is 9.94. The van der Waals surface area contributed by atoms with Crippen LogP contribution in [0.1, 0.15) is 47.5 Å². The van der Waals surface area contributed by atoms with Gasteiger partial charge in [0, 0.05) is 12.8 Å². The van der Waals surface area contributed by atoms with Crippen LogP contribution >= 0.6 is 0 Å². The number of Topliss-reactive ketones (excluding diaryl/α,β-unsaturated/α-hetero) is 1. The Morgan fingerprint density at radius 1 is 1.41 bits per heavy atom. The third-order valence-electron chi connectivity index (χ3n) is 3.26. The third kappa shape index (κ3) is 2.73. The van der Waals surface area contributed by atoms with Gasteiger partial charge in [0.2, 0.25) is 0 Å². The Morgan fingerprint density at radius 3 is 2.94 bits per heavy atom. The van der Waals surface area contributed by atoms with Gasteiger partial charge in [0.1, 0.15) is 5.78 Å². The molecule has 1 aromatic carbocycles. The molecule has 1 aliphatic carbocycles. The molecule has 0 aromatic heterocycles. The summed E-state index contributed by atoms with van der Waals surface area (Å²) in [4.78, 5) is 22.9. The quantitative estimate of drug-likeness (QED) is 0.736. The summed E-state index contributed by atoms with van der Waals surface area (Å²) in [6.45, 7) is 0. The highest BCUT2D eigenvalue weighted by atomic mass is 16.5. The van der Waals surface area contributed by atoms with E-state index in [-0.39, 0.29) is 11.9 Å². The van der Waals surface area contributed by atoms with Crippen molar-refractivity contribution in [3.05, 3.63) is 35.4 Å². The summed E-state index contributed by atoms with van der Waals surface area (Å²) in [5.74, 6) is 0.263. The first kappa shape index (κ1) is 11.8. The number of ether oxygens (including phenoxy) is 1. The van der Waals surface area contributed by atoms with Crippen LogP contribution in [-0.2, 0) is 9.53 Å². The number of rotatable bonds is 2. The van der Waals surface area contributed by atoms with Crippen molar-refractivity contribution >= 4 is 11.8 Å². The van der Waals surface area contributed by atoms with E-state index < -0.39 is 0 Å². The average Bonchev–Trinajstić information content (AvgIpc) is 2.38. The molecule has 0 aliphatic heterocycles. The minimum Gasteiger partial charge on any atom is -0.465 e. The molecule has 1 fully saturated rings. The number of esters is 1. The molecule has 1 saturated carbocycles. The maximum atomic E-state index is 11.4. The molecule has 3 nitrogen and oxygen atoms in total. The normalized spacial score (nSPS) is 20.1. The summed E-state index contributed by atoms with van der Waals surface area (Å²) in [6.07, 6.45) is 3.28. The van der Waals surface area contributed by atoms with Gasteiger partial charge < -0.3 is 4.74 Å². The van der Waals surface area contributed by atoms with Crippen LogP contribution in [-0.4, -0.2) is 18.9 Å². The third-order valence-corrected chi connectivity index (χ3v) is 3.26. The molecular weight excluding hydrogens is 216 g/mol. The summed E-state index contributed by atoms with van der Waals surface area (Å²) in [7, 11) is 1.37. The highest BCUT2D eigenvalue weighted by Crippen LogP contribution is 2.31. The lowest BCUT2D eigenvalue weighted by Gasteiger charge is -2.21. The van der Waals surface area contributed by atoms with Crippen molar-refractivity contribution < 1.29 is 14.3 Å². The van der Waals surface area contributed by atoms with E-state index in [0.29, 0.717) is 24.2 Å². The van der Waals surface area contributed by atoms with Crippen LogP contribution in [0.25, 0.3) is 0 Å². The predicted molar refractivity (Wildman–Crippen MR) is 64.0 cm³/mol. The van der Waals surface area contributed by atoms with Gasteiger partial charge in [0.15, 0.2) is 0 Å². The van der Waals surface area contributed by atoms with Gasteiger partial charge in [-0.05, 0) is 36.5 Å². The Bertz CT molecular complexity index is 437. The van der Waals surface area contributed by atoms with E-state index >= 15 is 0 Å². The number of hydrogen-bond donors (Lipinski definition) is 0. The van der Waals surface area contributed by atoms with Gasteiger partial charge in [0.25, 0.3) is 0 Å². The second-order valence-corrected chi connectivity index (χ2v) is 4.45. The molecule has 1 aromatic rings. The van der Waals surface area contributed by atoms with E-state index in [1.807, 2.05) is 18.2 Å². The largest absolute Gasteiger partial charge is 0.465 e. The van der Waals surface area contributed by atoms with Gasteiger partial charge >= 0.3 is 5.97 Å². The van der Waals surface area contributed by atoms with Crippen molar-refractivity contribution in [1.29, 1.82) is 0 Å². The molecular formula is C14H16O3. The summed E-state index contributed by atoms with van der Waals surface area (Å²) in [5.41, 5.74) is 1.63. The topological polar surface area (TPSA) is 43.4 Å². The van der Waals surface area contributed by atoms with Crippen LogP contribution < -0.4 is 0 Å². The molecule has 1 atom stereocenters. The van der Waals surface area contributed by atoms with Crippen molar-refractivity contribution in [2.75, 3.05) is 7.11 Å². The molecule has 90 valence electrons. The summed E-state index contributed by atoms with van der Waals surface area (Å²) in [6, 6.07) is 7.41. The Balaban J connectivity index is 2.20. The molecule has 0 amide bonds. The fraction of sp³-hybridized carbons (Fsp3) is 0.429. The fourth-order valence-corrected chi connectivity index (χ4v) is 2.35. The molecule has 0 radical (unpaired) electrons. The molecule has 2 rings (SSSR count). The van der Waals surface area contributed by atoms with E-state index in [1.54, 1.807) is 6.07 Å². The first-order chi connectivity index (χ1) is 8.20. The van der Waals surface area contributed by atoms with Gasteiger partial charge in [-0.15, -0.1) is 0 Å². The van der Waals surface area contributed by atoms with E-state index in [9.17, 15) is 9.59 Å². The lowest BCUT2D eigenvalue weighted by Crippen LogP contribution is -2.14. The number of carbonyl (C=O) groups excluding carboxylic acids is 2. The highest BCUT2D eigenvalue weighted by Gasteiger charge is 2.21. The maximum absolute atomic E-state index is 11.4.